The molecular formula is C59H101NO5. The van der Waals surface area contributed by atoms with E-state index in [0.717, 1.165) is 77.0 Å². The van der Waals surface area contributed by atoms with Crippen molar-refractivity contribution in [3.63, 3.8) is 0 Å². The predicted octanol–water partition coefficient (Wildman–Crippen LogP) is 16.5. The zero-order valence-corrected chi connectivity index (χ0v) is 42.3. The minimum Gasteiger partial charge on any atom is -0.458 e. The van der Waals surface area contributed by atoms with Gasteiger partial charge in [0, 0.05) is 6.42 Å². The van der Waals surface area contributed by atoms with E-state index in [0.29, 0.717) is 19.3 Å². The lowest BCUT2D eigenvalue weighted by Crippen LogP contribution is -2.46. The zero-order chi connectivity index (χ0) is 47.4. The molecule has 3 unspecified atom stereocenters. The molecular weight excluding hydrogens is 803 g/mol. The van der Waals surface area contributed by atoms with Crippen LogP contribution < -0.4 is 5.32 Å². The maximum absolute atomic E-state index is 13.2. The predicted molar refractivity (Wildman–Crippen MR) is 282 cm³/mol. The number of unbranched alkanes of at least 4 members (excludes halogenated alkanes) is 23. The minimum absolute atomic E-state index is 0.0554. The van der Waals surface area contributed by atoms with E-state index in [9.17, 15) is 19.8 Å². The van der Waals surface area contributed by atoms with E-state index in [-0.39, 0.29) is 24.9 Å². The SMILES string of the molecule is CC/C=C/C=C/C=C/CCCCCCCCCC(=O)OC(/C=C/C/C=C/C/C=C/C/C=C/C/C=C/CC)CC(=O)NC(CO)C(O)CCCCCCCCCCCCCCCCCCC. The van der Waals surface area contributed by atoms with Crippen LogP contribution in [0.25, 0.3) is 0 Å². The van der Waals surface area contributed by atoms with Gasteiger partial charge in [0.05, 0.1) is 25.2 Å². The van der Waals surface area contributed by atoms with Crippen LogP contribution >= 0.6 is 0 Å². The molecule has 0 bridgehead atoms. The highest BCUT2D eigenvalue weighted by molar-refractivity contribution is 5.78. The van der Waals surface area contributed by atoms with Gasteiger partial charge in [0.15, 0.2) is 0 Å². The van der Waals surface area contributed by atoms with E-state index in [4.69, 9.17) is 4.74 Å². The molecule has 0 aromatic heterocycles. The number of aliphatic hydroxyl groups is 2. The van der Waals surface area contributed by atoms with Crippen molar-refractivity contribution in [1.82, 2.24) is 5.32 Å². The number of ether oxygens (including phenoxy) is 1. The summed E-state index contributed by atoms with van der Waals surface area (Å²) in [6, 6.07) is -0.750. The number of nitrogens with one attached hydrogen (secondary N) is 1. The Bertz CT molecular complexity index is 1290. The zero-order valence-electron chi connectivity index (χ0n) is 42.3. The lowest BCUT2D eigenvalue weighted by Gasteiger charge is -2.23. The first-order valence-electron chi connectivity index (χ1n) is 27.0. The van der Waals surface area contributed by atoms with Crippen LogP contribution in [0.4, 0.5) is 0 Å². The molecule has 0 radical (unpaired) electrons. The van der Waals surface area contributed by atoms with Gasteiger partial charge in [-0.05, 0) is 70.3 Å². The smallest absolute Gasteiger partial charge is 0.306 e. The number of aliphatic hydroxyl groups excluding tert-OH is 2. The van der Waals surface area contributed by atoms with Crippen molar-refractivity contribution in [2.24, 2.45) is 0 Å². The Hall–Kier alpha value is -3.22. The quantitative estimate of drug-likeness (QED) is 0.0245. The molecule has 3 N–H and O–H groups in total. The van der Waals surface area contributed by atoms with Crippen molar-refractivity contribution in [2.75, 3.05) is 6.61 Å². The molecule has 3 atom stereocenters. The van der Waals surface area contributed by atoms with E-state index in [1.54, 1.807) is 6.08 Å². The summed E-state index contributed by atoms with van der Waals surface area (Å²) < 4.78 is 5.82. The van der Waals surface area contributed by atoms with Crippen molar-refractivity contribution >= 4 is 11.9 Å². The van der Waals surface area contributed by atoms with Crippen LogP contribution in [0.1, 0.15) is 239 Å². The van der Waals surface area contributed by atoms with Gasteiger partial charge in [-0.2, -0.15) is 0 Å². The summed E-state index contributed by atoms with van der Waals surface area (Å²) >= 11 is 0. The van der Waals surface area contributed by atoms with Gasteiger partial charge >= 0.3 is 5.97 Å². The van der Waals surface area contributed by atoms with E-state index < -0.39 is 18.2 Å². The Morgan fingerprint density at radius 2 is 0.923 bits per heavy atom. The monoisotopic (exact) mass is 904 g/mol. The van der Waals surface area contributed by atoms with Gasteiger partial charge in [0.1, 0.15) is 6.10 Å². The summed E-state index contributed by atoms with van der Waals surface area (Å²) in [5.41, 5.74) is 0. The largest absolute Gasteiger partial charge is 0.458 e. The molecule has 0 aliphatic carbocycles. The molecule has 0 aliphatic heterocycles. The first-order chi connectivity index (χ1) is 32.0. The fraction of sp³-hybridized carbons (Fsp3) is 0.695. The molecule has 6 nitrogen and oxygen atoms in total. The number of allylic oxidation sites excluding steroid dienone is 15. The van der Waals surface area contributed by atoms with E-state index >= 15 is 0 Å². The highest BCUT2D eigenvalue weighted by Gasteiger charge is 2.23. The third-order valence-corrected chi connectivity index (χ3v) is 11.7. The molecule has 0 aromatic rings. The van der Waals surface area contributed by atoms with Gasteiger partial charge in [-0.3, -0.25) is 9.59 Å². The van der Waals surface area contributed by atoms with Crippen LogP contribution in [-0.4, -0.2) is 46.9 Å². The standard InChI is InChI=1S/C59H101NO5/c1-4-7-10-13-16-19-22-25-28-29-31-33-36-39-42-45-48-51-57(62)56(54-61)60-58(63)53-55(50-47-44-41-38-35-32-27-24-21-18-15-12-9-6-3)65-59(64)52-49-46-43-40-37-34-30-26-23-20-17-14-11-8-5-2/h8-9,11-12,14,17-18,20-21,23,27,32,38,41,47,50,55-57,61-62H,4-7,10,13,15-16,19,22,24-26,28-31,33-37,39-40,42-46,48-49,51-54H2,1-3H3,(H,60,63)/b11-8+,12-9+,17-14+,21-18+,23-20+,32-27+,41-38+,50-47+. The third-order valence-electron chi connectivity index (χ3n) is 11.7. The minimum atomic E-state index is -0.827. The molecule has 0 spiro atoms. The average Bonchev–Trinajstić information content (AvgIpc) is 3.30. The summed E-state index contributed by atoms with van der Waals surface area (Å²) in [6.07, 6.45) is 69.3. The average molecular weight is 904 g/mol. The fourth-order valence-corrected chi connectivity index (χ4v) is 7.69. The number of carbonyl (C=O) groups is 2. The summed E-state index contributed by atoms with van der Waals surface area (Å²) in [5, 5.41) is 23.8. The lowest BCUT2D eigenvalue weighted by atomic mass is 10.0. The second kappa shape index (κ2) is 51.8. The Kier molecular flexibility index (Phi) is 49.2. The summed E-state index contributed by atoms with van der Waals surface area (Å²) in [5.74, 6) is -0.646. The molecule has 65 heavy (non-hydrogen) atoms. The number of carbonyl (C=O) groups excluding carboxylic acids is 2. The van der Waals surface area contributed by atoms with Gasteiger partial charge in [0.25, 0.3) is 0 Å². The van der Waals surface area contributed by atoms with Crippen LogP contribution in [-0.2, 0) is 14.3 Å². The molecule has 0 rings (SSSR count). The molecule has 6 heteroatoms. The second-order valence-corrected chi connectivity index (χ2v) is 17.9. The van der Waals surface area contributed by atoms with Gasteiger partial charge in [0.2, 0.25) is 5.91 Å². The van der Waals surface area contributed by atoms with Crippen molar-refractivity contribution < 1.29 is 24.5 Å². The van der Waals surface area contributed by atoms with Crippen LogP contribution in [0.5, 0.6) is 0 Å². The van der Waals surface area contributed by atoms with Crippen LogP contribution in [0, 0.1) is 0 Å². The topological polar surface area (TPSA) is 95.9 Å². The summed E-state index contributed by atoms with van der Waals surface area (Å²) in [7, 11) is 0. The Morgan fingerprint density at radius 1 is 0.492 bits per heavy atom. The number of rotatable bonds is 47. The Labute approximate surface area is 401 Å². The van der Waals surface area contributed by atoms with E-state index in [2.05, 4.69) is 111 Å². The highest BCUT2D eigenvalue weighted by Crippen LogP contribution is 2.16. The molecule has 0 fully saturated rings. The van der Waals surface area contributed by atoms with Crippen LogP contribution in [0.15, 0.2) is 97.2 Å². The fourth-order valence-electron chi connectivity index (χ4n) is 7.69. The van der Waals surface area contributed by atoms with Crippen LogP contribution in [0.2, 0.25) is 0 Å². The first kappa shape index (κ1) is 61.8. The van der Waals surface area contributed by atoms with Crippen molar-refractivity contribution in [2.45, 2.75) is 257 Å². The summed E-state index contributed by atoms with van der Waals surface area (Å²) in [6.45, 7) is 6.21. The van der Waals surface area contributed by atoms with Crippen molar-refractivity contribution in [1.29, 1.82) is 0 Å². The van der Waals surface area contributed by atoms with Crippen molar-refractivity contribution in [3.8, 4) is 0 Å². The molecule has 0 aromatic carbocycles. The molecule has 0 aliphatic rings. The molecule has 372 valence electrons. The number of amides is 1. The van der Waals surface area contributed by atoms with Gasteiger partial charge < -0.3 is 20.3 Å². The van der Waals surface area contributed by atoms with Gasteiger partial charge in [-0.25, -0.2) is 0 Å². The van der Waals surface area contributed by atoms with Crippen LogP contribution in [0.3, 0.4) is 0 Å². The Balaban J connectivity index is 4.68. The number of esters is 1. The third kappa shape index (κ3) is 47.1. The second-order valence-electron chi connectivity index (χ2n) is 17.9. The highest BCUT2D eigenvalue weighted by atomic mass is 16.5. The van der Waals surface area contributed by atoms with E-state index in [1.165, 1.54) is 116 Å². The van der Waals surface area contributed by atoms with Gasteiger partial charge in [-0.1, -0.05) is 253 Å². The molecule has 0 saturated carbocycles. The first-order valence-corrected chi connectivity index (χ1v) is 27.0. The van der Waals surface area contributed by atoms with Crippen molar-refractivity contribution in [3.05, 3.63) is 97.2 Å². The number of hydrogen-bond acceptors (Lipinski definition) is 5. The lowest BCUT2D eigenvalue weighted by molar-refractivity contribution is -0.148. The summed E-state index contributed by atoms with van der Waals surface area (Å²) in [4.78, 5) is 26.1. The molecule has 1 amide bonds. The van der Waals surface area contributed by atoms with E-state index in [1.807, 2.05) is 6.08 Å². The number of hydrogen-bond donors (Lipinski definition) is 3. The molecule has 0 heterocycles. The maximum Gasteiger partial charge on any atom is 0.306 e. The molecule has 0 saturated heterocycles. The maximum atomic E-state index is 13.2. The normalized spacial score (nSPS) is 14.0. The van der Waals surface area contributed by atoms with Gasteiger partial charge in [-0.15, -0.1) is 0 Å². The Morgan fingerprint density at radius 3 is 1.42 bits per heavy atom.